The van der Waals surface area contributed by atoms with Crippen molar-refractivity contribution in [1.29, 1.82) is 0 Å². The molecule has 0 fully saturated rings. The molecule has 8 nitrogen and oxygen atoms in total. The molecule has 0 saturated carbocycles. The molecule has 8 heteroatoms. The number of allylic oxidation sites excluding steroid dienone is 1. The molecule has 0 spiro atoms. The van der Waals surface area contributed by atoms with E-state index in [0.717, 1.165) is 17.2 Å². The lowest BCUT2D eigenvalue weighted by molar-refractivity contribution is 0.103. The fraction of sp³-hybridized carbons (Fsp3) is 0.176. The standard InChI is InChI=1S/C17H17N5O3/c1-25-10-13-6-14(15(23)7-16(24)17-19-11-20-21-17)22(9-13)8-12-2-4-18-5-3-12/h2-7,9,11,24H,8,10H2,1H3,(H,19,20,21). The number of hydrogen-bond donors (Lipinski definition) is 2. The van der Waals surface area contributed by atoms with Crippen LogP contribution in [0.1, 0.15) is 27.4 Å². The molecule has 0 bridgehead atoms. The predicted molar refractivity (Wildman–Crippen MR) is 89.8 cm³/mol. The Kier molecular flexibility index (Phi) is 5.00. The monoisotopic (exact) mass is 339 g/mol. The Hall–Kier alpha value is -3.26. The number of carbonyl (C=O) groups excluding carboxylic acids is 1. The van der Waals surface area contributed by atoms with Crippen molar-refractivity contribution in [3.05, 3.63) is 71.8 Å². The molecule has 0 saturated heterocycles. The highest BCUT2D eigenvalue weighted by atomic mass is 16.5. The zero-order valence-corrected chi connectivity index (χ0v) is 13.6. The predicted octanol–water partition coefficient (Wildman–Crippen LogP) is 1.98. The highest BCUT2D eigenvalue weighted by Gasteiger charge is 2.15. The molecule has 0 aromatic carbocycles. The maximum absolute atomic E-state index is 12.6. The summed E-state index contributed by atoms with van der Waals surface area (Å²) >= 11 is 0. The van der Waals surface area contributed by atoms with Gasteiger partial charge in [0.25, 0.3) is 0 Å². The molecule has 2 N–H and O–H groups in total. The van der Waals surface area contributed by atoms with E-state index in [-0.39, 0.29) is 17.4 Å². The number of ether oxygens (including phenoxy) is 1. The normalized spacial score (nSPS) is 11.6. The molecule has 3 heterocycles. The third-order valence-corrected chi connectivity index (χ3v) is 3.54. The van der Waals surface area contributed by atoms with Crippen LogP contribution in [0.4, 0.5) is 0 Å². The SMILES string of the molecule is COCc1cc(C(=O)C=C(O)c2ncn[nH]2)n(Cc2ccncc2)c1. The average Bonchev–Trinajstić information content (AvgIpc) is 3.26. The van der Waals surface area contributed by atoms with Gasteiger partial charge < -0.3 is 14.4 Å². The zero-order valence-electron chi connectivity index (χ0n) is 13.6. The van der Waals surface area contributed by atoms with E-state index in [9.17, 15) is 9.90 Å². The van der Waals surface area contributed by atoms with Crippen LogP contribution in [0.2, 0.25) is 0 Å². The lowest BCUT2D eigenvalue weighted by Crippen LogP contribution is -2.08. The van der Waals surface area contributed by atoms with E-state index in [1.807, 2.05) is 22.9 Å². The van der Waals surface area contributed by atoms with Crippen LogP contribution in [0.25, 0.3) is 5.76 Å². The van der Waals surface area contributed by atoms with E-state index >= 15 is 0 Å². The van der Waals surface area contributed by atoms with Gasteiger partial charge in [-0.15, -0.1) is 0 Å². The number of rotatable bonds is 7. The number of aliphatic hydroxyl groups is 1. The minimum absolute atomic E-state index is 0.137. The number of carbonyl (C=O) groups is 1. The average molecular weight is 339 g/mol. The molecule has 0 aliphatic carbocycles. The number of H-pyrrole nitrogens is 1. The second-order valence-corrected chi connectivity index (χ2v) is 5.38. The van der Waals surface area contributed by atoms with Gasteiger partial charge in [0.1, 0.15) is 6.33 Å². The third kappa shape index (κ3) is 3.99. The summed E-state index contributed by atoms with van der Waals surface area (Å²) in [5.41, 5.74) is 2.31. The van der Waals surface area contributed by atoms with Gasteiger partial charge in [0, 0.05) is 38.3 Å². The third-order valence-electron chi connectivity index (χ3n) is 3.54. The maximum Gasteiger partial charge on any atom is 0.206 e. The Morgan fingerprint density at radius 3 is 2.84 bits per heavy atom. The molecule has 0 aliphatic heterocycles. The van der Waals surface area contributed by atoms with Crippen molar-refractivity contribution in [3.63, 3.8) is 0 Å². The molecular weight excluding hydrogens is 322 g/mol. The van der Waals surface area contributed by atoms with Crippen LogP contribution in [0.15, 0.2) is 49.2 Å². The van der Waals surface area contributed by atoms with Gasteiger partial charge in [-0.25, -0.2) is 4.98 Å². The van der Waals surface area contributed by atoms with Crippen LogP contribution in [0, 0.1) is 0 Å². The summed E-state index contributed by atoms with van der Waals surface area (Å²) in [6, 6.07) is 5.51. The summed E-state index contributed by atoms with van der Waals surface area (Å²) in [6.45, 7) is 0.894. The topological polar surface area (TPSA) is 106 Å². The minimum Gasteiger partial charge on any atom is -0.504 e. The molecule has 0 atom stereocenters. The first kappa shape index (κ1) is 16.6. The first-order valence-electron chi connectivity index (χ1n) is 7.55. The molecule has 3 aromatic heterocycles. The van der Waals surface area contributed by atoms with E-state index in [4.69, 9.17) is 4.74 Å². The smallest absolute Gasteiger partial charge is 0.206 e. The minimum atomic E-state index is -0.342. The first-order valence-corrected chi connectivity index (χ1v) is 7.55. The second kappa shape index (κ2) is 7.54. The van der Waals surface area contributed by atoms with Gasteiger partial charge in [-0.2, -0.15) is 5.10 Å². The zero-order chi connectivity index (χ0) is 17.6. The van der Waals surface area contributed by atoms with Crippen LogP contribution in [0.3, 0.4) is 0 Å². The Bertz CT molecular complexity index is 869. The van der Waals surface area contributed by atoms with Gasteiger partial charge in [0.05, 0.1) is 12.3 Å². The van der Waals surface area contributed by atoms with Gasteiger partial charge in [-0.1, -0.05) is 0 Å². The Morgan fingerprint density at radius 2 is 2.16 bits per heavy atom. The van der Waals surface area contributed by atoms with Crippen LogP contribution < -0.4 is 0 Å². The van der Waals surface area contributed by atoms with Crippen molar-refractivity contribution in [1.82, 2.24) is 24.7 Å². The summed E-state index contributed by atoms with van der Waals surface area (Å²) in [4.78, 5) is 20.4. The van der Waals surface area contributed by atoms with E-state index < -0.39 is 0 Å². The molecule has 0 unspecified atom stereocenters. The molecule has 3 rings (SSSR count). The largest absolute Gasteiger partial charge is 0.504 e. The quantitative estimate of drug-likeness (QED) is 0.387. The number of hydrogen-bond acceptors (Lipinski definition) is 6. The number of aromatic nitrogens is 5. The van der Waals surface area contributed by atoms with E-state index in [1.54, 1.807) is 25.6 Å². The molecule has 25 heavy (non-hydrogen) atoms. The van der Waals surface area contributed by atoms with E-state index in [2.05, 4.69) is 20.2 Å². The number of nitrogens with zero attached hydrogens (tertiary/aromatic N) is 4. The number of aromatic amines is 1. The number of ketones is 1. The highest BCUT2D eigenvalue weighted by molar-refractivity contribution is 6.06. The Labute approximate surface area is 143 Å². The summed E-state index contributed by atoms with van der Waals surface area (Å²) in [6.07, 6.45) is 7.64. The lowest BCUT2D eigenvalue weighted by Gasteiger charge is -2.07. The molecule has 3 aromatic rings. The van der Waals surface area contributed by atoms with Gasteiger partial charge >= 0.3 is 0 Å². The van der Waals surface area contributed by atoms with Crippen LogP contribution in [-0.4, -0.2) is 42.7 Å². The number of methoxy groups -OCH3 is 1. The van der Waals surface area contributed by atoms with Gasteiger partial charge in [-0.05, 0) is 29.3 Å². The molecule has 0 aliphatic rings. The van der Waals surface area contributed by atoms with Crippen LogP contribution in [0.5, 0.6) is 0 Å². The van der Waals surface area contributed by atoms with Gasteiger partial charge in [-0.3, -0.25) is 14.9 Å². The number of aliphatic hydroxyl groups excluding tert-OH is 1. The van der Waals surface area contributed by atoms with Crippen molar-refractivity contribution in [2.75, 3.05) is 7.11 Å². The Balaban J connectivity index is 1.90. The maximum atomic E-state index is 12.6. The summed E-state index contributed by atoms with van der Waals surface area (Å²) < 4.78 is 6.96. The summed E-state index contributed by atoms with van der Waals surface area (Å²) in [5, 5.41) is 16.2. The summed E-state index contributed by atoms with van der Waals surface area (Å²) in [5.74, 6) is -0.476. The summed E-state index contributed by atoms with van der Waals surface area (Å²) in [7, 11) is 1.59. The second-order valence-electron chi connectivity index (χ2n) is 5.38. The van der Waals surface area contributed by atoms with Gasteiger partial charge in [0.15, 0.2) is 11.6 Å². The van der Waals surface area contributed by atoms with Crippen molar-refractivity contribution >= 4 is 11.5 Å². The first-order chi connectivity index (χ1) is 12.2. The van der Waals surface area contributed by atoms with Crippen LogP contribution in [-0.2, 0) is 17.9 Å². The Morgan fingerprint density at radius 1 is 1.36 bits per heavy atom. The van der Waals surface area contributed by atoms with Crippen LogP contribution >= 0.6 is 0 Å². The highest BCUT2D eigenvalue weighted by Crippen LogP contribution is 2.15. The van der Waals surface area contributed by atoms with E-state index in [0.29, 0.717) is 18.8 Å². The van der Waals surface area contributed by atoms with Crippen molar-refractivity contribution in [3.8, 4) is 0 Å². The van der Waals surface area contributed by atoms with Gasteiger partial charge in [0.2, 0.25) is 5.78 Å². The molecule has 128 valence electrons. The molecular formula is C17H17N5O3. The lowest BCUT2D eigenvalue weighted by atomic mass is 10.2. The van der Waals surface area contributed by atoms with E-state index in [1.165, 1.54) is 6.33 Å². The number of pyridine rings is 1. The van der Waals surface area contributed by atoms with Crippen molar-refractivity contribution in [2.24, 2.45) is 0 Å². The van der Waals surface area contributed by atoms with Crippen molar-refractivity contribution in [2.45, 2.75) is 13.2 Å². The molecule has 0 amide bonds. The number of nitrogens with one attached hydrogen (secondary N) is 1. The fourth-order valence-electron chi connectivity index (χ4n) is 2.43. The molecule has 0 radical (unpaired) electrons. The van der Waals surface area contributed by atoms with Crippen molar-refractivity contribution < 1.29 is 14.6 Å². The fourth-order valence-corrected chi connectivity index (χ4v) is 2.43.